The lowest BCUT2D eigenvalue weighted by atomic mass is 9.96. The predicted molar refractivity (Wildman–Crippen MR) is 124 cm³/mol. The lowest BCUT2D eigenvalue weighted by Gasteiger charge is -2.36. The van der Waals surface area contributed by atoms with Gasteiger partial charge in [-0.05, 0) is 49.0 Å². The Bertz CT molecular complexity index is 795. The molecule has 2 amide bonds. The molecular formula is C23H33N3O4S. The van der Waals surface area contributed by atoms with Crippen LogP contribution in [0.25, 0.3) is 0 Å². The maximum atomic E-state index is 12.8. The van der Waals surface area contributed by atoms with Crippen molar-refractivity contribution in [1.82, 2.24) is 15.5 Å². The molecule has 1 heterocycles. The first-order chi connectivity index (χ1) is 14.7. The Morgan fingerprint density at radius 3 is 2.55 bits per heavy atom. The second-order valence-corrected chi connectivity index (χ2v) is 8.67. The van der Waals surface area contributed by atoms with Crippen LogP contribution in [-0.4, -0.2) is 53.5 Å². The first kappa shape index (κ1) is 24.8. The van der Waals surface area contributed by atoms with Gasteiger partial charge in [0.05, 0.1) is 18.9 Å². The average Bonchev–Trinajstić information content (AvgIpc) is 2.73. The minimum absolute atomic E-state index is 0.116. The van der Waals surface area contributed by atoms with Gasteiger partial charge in [0.1, 0.15) is 6.04 Å². The standard InChI is InChI=1S/C23H33N3O4S/c1-5-12-30-20(27)14-19-22(29)24-10-11-26(19)23(31)25-21(28)16(4)18-8-6-17(7-9-18)13-15(2)3/h6-9,15-16,19H,5,10-14H2,1-4H3,(H,24,29)(H,25,28,31). The first-order valence-electron chi connectivity index (χ1n) is 10.9. The number of nitrogens with zero attached hydrogens (tertiary/aromatic N) is 1. The quantitative estimate of drug-likeness (QED) is 0.470. The summed E-state index contributed by atoms with van der Waals surface area (Å²) < 4.78 is 5.10. The molecule has 7 nitrogen and oxygen atoms in total. The summed E-state index contributed by atoms with van der Waals surface area (Å²) in [6.45, 7) is 9.17. The summed E-state index contributed by atoms with van der Waals surface area (Å²) in [5.74, 6) is -0.849. The molecule has 1 aliphatic rings. The zero-order valence-electron chi connectivity index (χ0n) is 18.8. The number of hydrogen-bond acceptors (Lipinski definition) is 5. The van der Waals surface area contributed by atoms with E-state index >= 15 is 0 Å². The molecule has 0 aromatic heterocycles. The summed E-state index contributed by atoms with van der Waals surface area (Å²) in [5, 5.41) is 5.64. The van der Waals surface area contributed by atoms with Gasteiger partial charge >= 0.3 is 5.97 Å². The Morgan fingerprint density at radius 1 is 1.26 bits per heavy atom. The molecule has 0 radical (unpaired) electrons. The predicted octanol–water partition coefficient (Wildman–Crippen LogP) is 2.53. The second-order valence-electron chi connectivity index (χ2n) is 8.28. The number of piperazine rings is 1. The molecule has 1 aromatic rings. The Balaban J connectivity index is 2.01. The van der Waals surface area contributed by atoms with Crippen LogP contribution in [0.1, 0.15) is 57.6 Å². The van der Waals surface area contributed by atoms with Crippen LogP contribution >= 0.6 is 12.2 Å². The fourth-order valence-electron chi connectivity index (χ4n) is 3.44. The zero-order valence-corrected chi connectivity index (χ0v) is 19.6. The molecule has 1 fully saturated rings. The smallest absolute Gasteiger partial charge is 0.308 e. The average molecular weight is 448 g/mol. The summed E-state index contributed by atoms with van der Waals surface area (Å²) in [6.07, 6.45) is 1.58. The maximum absolute atomic E-state index is 12.8. The number of thiocarbonyl (C=S) groups is 1. The van der Waals surface area contributed by atoms with Crippen LogP contribution in [0.2, 0.25) is 0 Å². The summed E-state index contributed by atoms with van der Waals surface area (Å²) in [7, 11) is 0. The fourth-order valence-corrected chi connectivity index (χ4v) is 3.76. The van der Waals surface area contributed by atoms with Crippen molar-refractivity contribution in [3.63, 3.8) is 0 Å². The summed E-state index contributed by atoms with van der Waals surface area (Å²) in [6, 6.07) is 7.23. The highest BCUT2D eigenvalue weighted by molar-refractivity contribution is 7.80. The van der Waals surface area contributed by atoms with Gasteiger partial charge in [-0.3, -0.25) is 14.4 Å². The molecule has 1 aromatic carbocycles. The van der Waals surface area contributed by atoms with Gasteiger partial charge in [-0.25, -0.2) is 0 Å². The van der Waals surface area contributed by atoms with Crippen LogP contribution in [0.3, 0.4) is 0 Å². The highest BCUT2D eigenvalue weighted by atomic mass is 32.1. The van der Waals surface area contributed by atoms with Gasteiger partial charge in [0, 0.05) is 13.1 Å². The highest BCUT2D eigenvalue weighted by Crippen LogP contribution is 2.18. The van der Waals surface area contributed by atoms with Crippen molar-refractivity contribution in [3.05, 3.63) is 35.4 Å². The number of carbonyl (C=O) groups excluding carboxylic acids is 3. The van der Waals surface area contributed by atoms with E-state index < -0.39 is 17.9 Å². The van der Waals surface area contributed by atoms with Crippen molar-refractivity contribution in [2.45, 2.75) is 58.9 Å². The van der Waals surface area contributed by atoms with Gasteiger partial charge in [0.25, 0.3) is 0 Å². The van der Waals surface area contributed by atoms with Gasteiger partial charge < -0.3 is 20.3 Å². The number of esters is 1. The third-order valence-corrected chi connectivity index (χ3v) is 5.50. The van der Waals surface area contributed by atoms with E-state index in [1.165, 1.54) is 5.56 Å². The third-order valence-electron chi connectivity index (χ3n) is 5.17. The lowest BCUT2D eigenvalue weighted by Crippen LogP contribution is -2.60. The van der Waals surface area contributed by atoms with Crippen molar-refractivity contribution in [2.24, 2.45) is 5.92 Å². The van der Waals surface area contributed by atoms with E-state index in [-0.39, 0.29) is 23.3 Å². The Hall–Kier alpha value is -2.48. The largest absolute Gasteiger partial charge is 0.466 e. The Kier molecular flexibility index (Phi) is 9.43. The number of carbonyl (C=O) groups is 3. The van der Waals surface area contributed by atoms with Crippen LogP contribution in [0.5, 0.6) is 0 Å². The fraction of sp³-hybridized carbons (Fsp3) is 0.565. The normalized spacial score (nSPS) is 17.1. The van der Waals surface area contributed by atoms with Crippen molar-refractivity contribution in [2.75, 3.05) is 19.7 Å². The lowest BCUT2D eigenvalue weighted by molar-refractivity contribution is -0.147. The maximum Gasteiger partial charge on any atom is 0.308 e. The minimum atomic E-state index is -0.795. The molecule has 2 unspecified atom stereocenters. The molecule has 0 bridgehead atoms. The minimum Gasteiger partial charge on any atom is -0.466 e. The zero-order chi connectivity index (χ0) is 23.0. The molecule has 1 saturated heterocycles. The highest BCUT2D eigenvalue weighted by Gasteiger charge is 2.34. The monoisotopic (exact) mass is 447 g/mol. The second kappa shape index (κ2) is 11.8. The van der Waals surface area contributed by atoms with Crippen LogP contribution in [0.4, 0.5) is 0 Å². The van der Waals surface area contributed by atoms with E-state index in [9.17, 15) is 14.4 Å². The molecule has 0 aliphatic carbocycles. The van der Waals surface area contributed by atoms with Crippen molar-refractivity contribution < 1.29 is 19.1 Å². The third kappa shape index (κ3) is 7.31. The molecular weight excluding hydrogens is 414 g/mol. The molecule has 31 heavy (non-hydrogen) atoms. The topological polar surface area (TPSA) is 87.7 Å². The van der Waals surface area contributed by atoms with Gasteiger partial charge in [0.2, 0.25) is 11.8 Å². The van der Waals surface area contributed by atoms with Crippen molar-refractivity contribution in [1.29, 1.82) is 0 Å². The van der Waals surface area contributed by atoms with E-state index in [1.807, 2.05) is 38.1 Å². The molecule has 2 atom stereocenters. The number of ether oxygens (including phenoxy) is 1. The number of benzene rings is 1. The van der Waals surface area contributed by atoms with Crippen molar-refractivity contribution >= 4 is 35.1 Å². The van der Waals surface area contributed by atoms with Crippen LogP contribution in [0.15, 0.2) is 24.3 Å². The number of rotatable bonds is 8. The Labute approximate surface area is 189 Å². The van der Waals surface area contributed by atoms with Gasteiger partial charge in [0.15, 0.2) is 5.11 Å². The summed E-state index contributed by atoms with van der Waals surface area (Å²) in [5.41, 5.74) is 2.13. The van der Waals surface area contributed by atoms with E-state index in [1.54, 1.807) is 4.90 Å². The molecule has 0 saturated carbocycles. The van der Waals surface area contributed by atoms with Crippen LogP contribution < -0.4 is 10.6 Å². The molecule has 170 valence electrons. The summed E-state index contributed by atoms with van der Waals surface area (Å²) >= 11 is 5.42. The van der Waals surface area contributed by atoms with E-state index in [4.69, 9.17) is 17.0 Å². The Morgan fingerprint density at radius 2 is 1.94 bits per heavy atom. The molecule has 0 spiro atoms. The van der Waals surface area contributed by atoms with Gasteiger partial charge in [-0.15, -0.1) is 0 Å². The van der Waals surface area contributed by atoms with E-state index in [0.717, 1.165) is 12.0 Å². The van der Waals surface area contributed by atoms with E-state index in [2.05, 4.69) is 24.5 Å². The SMILES string of the molecule is CCCOC(=O)CC1C(=O)NCCN1C(=S)NC(=O)C(C)c1ccc(CC(C)C)cc1. The number of nitrogens with one attached hydrogen (secondary N) is 2. The molecule has 8 heteroatoms. The first-order valence-corrected chi connectivity index (χ1v) is 11.3. The summed E-state index contributed by atoms with van der Waals surface area (Å²) in [4.78, 5) is 38.8. The van der Waals surface area contributed by atoms with Gasteiger partial charge in [-0.1, -0.05) is 45.0 Å². The van der Waals surface area contributed by atoms with Crippen molar-refractivity contribution in [3.8, 4) is 0 Å². The van der Waals surface area contributed by atoms with Crippen LogP contribution in [0, 0.1) is 5.92 Å². The number of amides is 2. The van der Waals surface area contributed by atoms with E-state index in [0.29, 0.717) is 32.0 Å². The number of hydrogen-bond donors (Lipinski definition) is 2. The van der Waals surface area contributed by atoms with Gasteiger partial charge in [-0.2, -0.15) is 0 Å². The molecule has 1 aliphatic heterocycles. The van der Waals surface area contributed by atoms with Crippen LogP contribution in [-0.2, 0) is 25.5 Å². The molecule has 2 rings (SSSR count). The molecule has 2 N–H and O–H groups in total.